The lowest BCUT2D eigenvalue weighted by Crippen LogP contribution is -1.83. The Kier molecular flexibility index (Phi) is 15.9. The van der Waals surface area contributed by atoms with E-state index in [1.165, 1.54) is 70.6 Å². The predicted molar refractivity (Wildman–Crippen MR) is 80.9 cm³/mol. The number of hydrogen-bond donors (Lipinski definition) is 0. The maximum Gasteiger partial charge on any atom is 0.119 e. The van der Waals surface area contributed by atoms with Crippen molar-refractivity contribution in [3.05, 3.63) is 12.2 Å². The molecule has 0 unspecified atom stereocenters. The van der Waals surface area contributed by atoms with Crippen LogP contribution in [0.5, 0.6) is 0 Å². The van der Waals surface area contributed by atoms with Crippen molar-refractivity contribution >= 4 is 6.29 Å². The fraction of sp³-hybridized carbons (Fsp3) is 0.824. The van der Waals surface area contributed by atoms with Gasteiger partial charge in [-0.2, -0.15) is 0 Å². The van der Waals surface area contributed by atoms with E-state index in [1.54, 1.807) is 0 Å². The van der Waals surface area contributed by atoms with Crippen LogP contribution in [0.3, 0.4) is 0 Å². The molecule has 106 valence electrons. The van der Waals surface area contributed by atoms with Crippen LogP contribution < -0.4 is 0 Å². The minimum atomic E-state index is 0.757. The zero-order chi connectivity index (χ0) is 13.3. The van der Waals surface area contributed by atoms with Crippen molar-refractivity contribution in [3.8, 4) is 0 Å². The molecule has 0 aromatic rings. The van der Waals surface area contributed by atoms with Crippen molar-refractivity contribution in [2.24, 2.45) is 0 Å². The fourth-order valence-corrected chi connectivity index (χ4v) is 2.25. The molecule has 0 spiro atoms. The molecule has 0 aromatic heterocycles. The van der Waals surface area contributed by atoms with Gasteiger partial charge in [-0.05, 0) is 26.2 Å². The van der Waals surface area contributed by atoms with Gasteiger partial charge in [0.05, 0.1) is 0 Å². The summed E-state index contributed by atoms with van der Waals surface area (Å²) in [4.78, 5) is 10.1. The van der Waals surface area contributed by atoms with E-state index in [1.807, 2.05) is 0 Å². The zero-order valence-electron chi connectivity index (χ0n) is 12.3. The first-order valence-corrected chi connectivity index (χ1v) is 7.96. The molecule has 0 heterocycles. The second-order valence-corrected chi connectivity index (χ2v) is 5.20. The highest BCUT2D eigenvalue weighted by Gasteiger charge is 1.93. The van der Waals surface area contributed by atoms with Gasteiger partial charge >= 0.3 is 0 Å². The molecule has 0 bridgehead atoms. The van der Waals surface area contributed by atoms with Crippen molar-refractivity contribution < 1.29 is 4.79 Å². The number of allylic oxidation sites excluding steroid dienone is 2. The van der Waals surface area contributed by atoms with E-state index in [2.05, 4.69) is 19.1 Å². The van der Waals surface area contributed by atoms with E-state index < -0.39 is 0 Å². The largest absolute Gasteiger partial charge is 0.303 e. The molecule has 0 aromatic carbocycles. The zero-order valence-corrected chi connectivity index (χ0v) is 12.3. The third kappa shape index (κ3) is 15.4. The Labute approximate surface area is 114 Å². The molecule has 0 N–H and O–H groups in total. The summed E-state index contributed by atoms with van der Waals surface area (Å²) in [5.74, 6) is 0. The average Bonchev–Trinajstić information content (AvgIpc) is 2.39. The van der Waals surface area contributed by atoms with E-state index in [4.69, 9.17) is 0 Å². The average molecular weight is 252 g/mol. The molecular weight excluding hydrogens is 220 g/mol. The molecule has 0 amide bonds. The third-order valence-electron chi connectivity index (χ3n) is 3.43. The maximum absolute atomic E-state index is 10.1. The Morgan fingerprint density at radius 1 is 0.611 bits per heavy atom. The predicted octanol–water partition coefficient (Wildman–Crippen LogP) is 5.83. The highest BCUT2D eigenvalue weighted by atomic mass is 16.1. The van der Waals surface area contributed by atoms with E-state index in [-0.39, 0.29) is 0 Å². The number of unbranched alkanes of at least 4 members (excludes halogenated alkanes) is 12. The Bertz CT molecular complexity index is 184. The van der Waals surface area contributed by atoms with Crippen molar-refractivity contribution in [2.45, 2.75) is 90.4 Å². The van der Waals surface area contributed by atoms with Crippen LogP contribution >= 0.6 is 0 Å². The van der Waals surface area contributed by atoms with Crippen LogP contribution in [0.4, 0.5) is 0 Å². The second-order valence-electron chi connectivity index (χ2n) is 5.20. The molecule has 18 heavy (non-hydrogen) atoms. The third-order valence-corrected chi connectivity index (χ3v) is 3.43. The molecule has 0 atom stereocenters. The SMILES string of the molecule is C/C=C/CCCCCCCCCCCCCC=O. The number of rotatable bonds is 14. The molecule has 0 aliphatic heterocycles. The summed E-state index contributed by atoms with van der Waals surface area (Å²) in [6.07, 6.45) is 22.3. The molecule has 0 rings (SSSR count). The summed E-state index contributed by atoms with van der Waals surface area (Å²) in [6, 6.07) is 0. The minimum absolute atomic E-state index is 0.757. The van der Waals surface area contributed by atoms with Gasteiger partial charge in [0.1, 0.15) is 6.29 Å². The topological polar surface area (TPSA) is 17.1 Å². The Morgan fingerprint density at radius 3 is 1.39 bits per heavy atom. The first-order valence-electron chi connectivity index (χ1n) is 7.96. The first kappa shape index (κ1) is 17.4. The van der Waals surface area contributed by atoms with Gasteiger partial charge in [-0.15, -0.1) is 0 Å². The lowest BCUT2D eigenvalue weighted by molar-refractivity contribution is -0.107. The summed E-state index contributed by atoms with van der Waals surface area (Å²) >= 11 is 0. The summed E-state index contributed by atoms with van der Waals surface area (Å²) in [6.45, 7) is 2.10. The fourth-order valence-electron chi connectivity index (χ4n) is 2.25. The lowest BCUT2D eigenvalue weighted by Gasteiger charge is -2.02. The minimum Gasteiger partial charge on any atom is -0.303 e. The Morgan fingerprint density at radius 2 is 1.00 bits per heavy atom. The Hall–Kier alpha value is -0.590. The standard InChI is InChI=1S/C17H32O/c1-2-3-4-5-6-7-8-9-10-11-12-13-14-15-16-17-18/h2-3,17H,4-16H2,1H3/b3-2+. The van der Waals surface area contributed by atoms with Crippen LogP contribution in [0.1, 0.15) is 90.4 Å². The van der Waals surface area contributed by atoms with Gasteiger partial charge < -0.3 is 4.79 Å². The maximum atomic E-state index is 10.1. The molecule has 0 saturated heterocycles. The van der Waals surface area contributed by atoms with Crippen molar-refractivity contribution in [3.63, 3.8) is 0 Å². The quantitative estimate of drug-likeness (QED) is 0.216. The van der Waals surface area contributed by atoms with Crippen molar-refractivity contribution in [1.29, 1.82) is 0 Å². The Balaban J connectivity index is 2.92. The second kappa shape index (κ2) is 16.4. The van der Waals surface area contributed by atoms with Crippen molar-refractivity contribution in [2.75, 3.05) is 0 Å². The summed E-state index contributed by atoms with van der Waals surface area (Å²) < 4.78 is 0. The van der Waals surface area contributed by atoms with E-state index in [0.717, 1.165) is 19.1 Å². The van der Waals surface area contributed by atoms with Gasteiger partial charge in [0.2, 0.25) is 0 Å². The highest BCUT2D eigenvalue weighted by molar-refractivity contribution is 5.48. The van der Waals surface area contributed by atoms with Gasteiger partial charge in [-0.1, -0.05) is 69.9 Å². The number of aldehydes is 1. The summed E-state index contributed by atoms with van der Waals surface area (Å²) in [7, 11) is 0. The highest BCUT2D eigenvalue weighted by Crippen LogP contribution is 2.12. The van der Waals surface area contributed by atoms with Crippen LogP contribution in [0.2, 0.25) is 0 Å². The van der Waals surface area contributed by atoms with E-state index in [9.17, 15) is 4.79 Å². The smallest absolute Gasteiger partial charge is 0.119 e. The molecule has 0 aliphatic rings. The molecule has 0 radical (unpaired) electrons. The van der Waals surface area contributed by atoms with Crippen LogP contribution in [0.15, 0.2) is 12.2 Å². The number of carbonyl (C=O) groups is 1. The normalized spacial score (nSPS) is 11.2. The molecule has 0 fully saturated rings. The van der Waals surface area contributed by atoms with E-state index >= 15 is 0 Å². The van der Waals surface area contributed by atoms with Crippen LogP contribution in [-0.2, 0) is 4.79 Å². The van der Waals surface area contributed by atoms with Gasteiger partial charge in [0, 0.05) is 6.42 Å². The summed E-state index contributed by atoms with van der Waals surface area (Å²) in [5.41, 5.74) is 0. The van der Waals surface area contributed by atoms with Crippen LogP contribution in [-0.4, -0.2) is 6.29 Å². The van der Waals surface area contributed by atoms with Gasteiger partial charge in [0.25, 0.3) is 0 Å². The van der Waals surface area contributed by atoms with Crippen LogP contribution in [0, 0.1) is 0 Å². The molecule has 0 aliphatic carbocycles. The molecular formula is C17H32O. The molecule has 1 nitrogen and oxygen atoms in total. The first-order chi connectivity index (χ1) is 8.91. The van der Waals surface area contributed by atoms with Gasteiger partial charge in [-0.25, -0.2) is 0 Å². The molecule has 1 heteroatoms. The number of hydrogen-bond acceptors (Lipinski definition) is 1. The monoisotopic (exact) mass is 252 g/mol. The van der Waals surface area contributed by atoms with Crippen LogP contribution in [0.25, 0.3) is 0 Å². The van der Waals surface area contributed by atoms with E-state index in [0.29, 0.717) is 0 Å². The number of carbonyl (C=O) groups excluding carboxylic acids is 1. The van der Waals surface area contributed by atoms with Gasteiger partial charge in [0.15, 0.2) is 0 Å². The van der Waals surface area contributed by atoms with Crippen molar-refractivity contribution in [1.82, 2.24) is 0 Å². The molecule has 0 saturated carbocycles. The van der Waals surface area contributed by atoms with Gasteiger partial charge in [-0.3, -0.25) is 0 Å². The lowest BCUT2D eigenvalue weighted by atomic mass is 10.0. The summed E-state index contributed by atoms with van der Waals surface area (Å²) in [5, 5.41) is 0.